The lowest BCUT2D eigenvalue weighted by atomic mass is 10.1. The highest BCUT2D eigenvalue weighted by Crippen LogP contribution is 2.40. The Bertz CT molecular complexity index is 2160. The van der Waals surface area contributed by atoms with E-state index in [1.54, 1.807) is 91.3 Å². The van der Waals surface area contributed by atoms with Crippen molar-refractivity contribution in [2.75, 3.05) is 13.3 Å². The summed E-state index contributed by atoms with van der Waals surface area (Å²) in [4.78, 5) is 24.8. The Hall–Kier alpha value is -6.79. The number of carboxylic acids is 1. The summed E-state index contributed by atoms with van der Waals surface area (Å²) in [5, 5.41) is 48.9. The molecule has 0 saturated heterocycles. The van der Waals surface area contributed by atoms with Gasteiger partial charge in [-0.3, -0.25) is 15.3 Å². The van der Waals surface area contributed by atoms with Crippen molar-refractivity contribution in [2.24, 2.45) is 9.98 Å². The number of nitrogens with zero attached hydrogens (tertiary/aromatic N) is 5. The standard InChI is InChI=1S/C37H30N6O6/c44-30-12-4-1-8-25(30)20-38-22-40-23-39-21-26-9-2-6-14-32(26)49-33-15-7-11-29(34(33)46)36-41-35(28-10-3-5-13-31(28)45)42-43(36)27-18-16-24(17-19-27)37(47)48/h1-21,40,44-46H,22-23H2,(H,47,48)/b38-20+,39-21+. The highest BCUT2D eigenvalue weighted by Gasteiger charge is 2.22. The number of ether oxygens (including phenoxy) is 1. The van der Waals surface area contributed by atoms with Crippen molar-refractivity contribution < 1.29 is 30.0 Å². The van der Waals surface area contributed by atoms with Crippen LogP contribution in [0.25, 0.3) is 28.5 Å². The minimum Gasteiger partial charge on any atom is -0.507 e. The largest absolute Gasteiger partial charge is 0.507 e. The quantitative estimate of drug-likeness (QED) is 0.0754. The van der Waals surface area contributed by atoms with Crippen LogP contribution in [0.4, 0.5) is 0 Å². The lowest BCUT2D eigenvalue weighted by Gasteiger charge is -2.13. The van der Waals surface area contributed by atoms with Crippen LogP contribution in [0.3, 0.4) is 0 Å². The van der Waals surface area contributed by atoms with Crippen LogP contribution in [-0.2, 0) is 0 Å². The lowest BCUT2D eigenvalue weighted by molar-refractivity contribution is 0.0697. The molecule has 244 valence electrons. The molecule has 0 aliphatic rings. The SMILES string of the molecule is O=C(O)c1ccc(-n2nc(-c3ccccc3O)nc2-c2cccc(Oc3ccccc3/C=N/CNC/N=C/c3ccccc3O)c2O)cc1. The monoisotopic (exact) mass is 654 g/mol. The number of rotatable bonds is 12. The number of phenols is 3. The maximum Gasteiger partial charge on any atom is 0.335 e. The number of para-hydroxylation sites is 4. The molecule has 0 radical (unpaired) electrons. The van der Waals surface area contributed by atoms with Crippen LogP contribution in [0.1, 0.15) is 21.5 Å². The van der Waals surface area contributed by atoms with Gasteiger partial charge in [0.1, 0.15) is 17.2 Å². The number of aliphatic imine (C=N–C) groups is 2. The van der Waals surface area contributed by atoms with Gasteiger partial charge >= 0.3 is 5.97 Å². The van der Waals surface area contributed by atoms with Gasteiger partial charge < -0.3 is 25.2 Å². The Labute approximate surface area is 280 Å². The second-order valence-corrected chi connectivity index (χ2v) is 10.6. The van der Waals surface area contributed by atoms with E-state index in [-0.39, 0.29) is 52.4 Å². The molecule has 12 heteroatoms. The van der Waals surface area contributed by atoms with Gasteiger partial charge in [-0.15, -0.1) is 5.10 Å². The van der Waals surface area contributed by atoms with Crippen molar-refractivity contribution in [1.82, 2.24) is 20.1 Å². The van der Waals surface area contributed by atoms with Gasteiger partial charge in [-0.05, 0) is 72.8 Å². The van der Waals surface area contributed by atoms with Crippen molar-refractivity contribution in [3.8, 4) is 57.2 Å². The predicted molar refractivity (Wildman–Crippen MR) is 185 cm³/mol. The molecule has 6 aromatic rings. The maximum atomic E-state index is 11.5. The van der Waals surface area contributed by atoms with E-state index in [1.807, 2.05) is 18.2 Å². The number of hydrogen-bond donors (Lipinski definition) is 5. The Morgan fingerprint density at radius 3 is 2.04 bits per heavy atom. The molecule has 1 heterocycles. The number of aromatic hydroxyl groups is 3. The average molecular weight is 655 g/mol. The van der Waals surface area contributed by atoms with Gasteiger partial charge in [0.05, 0.1) is 35.7 Å². The number of carboxylic acid groups (broad SMARTS) is 1. The van der Waals surface area contributed by atoms with Crippen LogP contribution >= 0.6 is 0 Å². The fourth-order valence-corrected chi connectivity index (χ4v) is 4.84. The van der Waals surface area contributed by atoms with Gasteiger partial charge in [-0.25, -0.2) is 14.5 Å². The first-order valence-corrected chi connectivity index (χ1v) is 15.1. The first-order valence-electron chi connectivity index (χ1n) is 15.1. The summed E-state index contributed by atoms with van der Waals surface area (Å²) < 4.78 is 7.65. The van der Waals surface area contributed by atoms with Crippen molar-refractivity contribution in [1.29, 1.82) is 0 Å². The fraction of sp³-hybridized carbons (Fsp3) is 0.0541. The van der Waals surface area contributed by atoms with E-state index in [9.17, 15) is 25.2 Å². The Balaban J connectivity index is 1.24. The van der Waals surface area contributed by atoms with Crippen LogP contribution < -0.4 is 10.1 Å². The summed E-state index contributed by atoms with van der Waals surface area (Å²) >= 11 is 0. The van der Waals surface area contributed by atoms with Crippen molar-refractivity contribution in [3.63, 3.8) is 0 Å². The topological polar surface area (TPSA) is 175 Å². The van der Waals surface area contributed by atoms with E-state index in [2.05, 4.69) is 25.4 Å². The smallest absolute Gasteiger partial charge is 0.335 e. The van der Waals surface area contributed by atoms with Gasteiger partial charge in [0.25, 0.3) is 0 Å². The zero-order chi connectivity index (χ0) is 34.2. The second kappa shape index (κ2) is 14.8. The average Bonchev–Trinajstić information content (AvgIpc) is 3.55. The summed E-state index contributed by atoms with van der Waals surface area (Å²) in [7, 11) is 0. The third-order valence-corrected chi connectivity index (χ3v) is 7.29. The summed E-state index contributed by atoms with van der Waals surface area (Å²) in [5.41, 5.74) is 2.53. The van der Waals surface area contributed by atoms with Crippen molar-refractivity contribution >= 4 is 18.4 Å². The Morgan fingerprint density at radius 2 is 1.33 bits per heavy atom. The molecular weight excluding hydrogens is 624 g/mol. The van der Waals surface area contributed by atoms with Gasteiger partial charge in [-0.2, -0.15) is 0 Å². The van der Waals surface area contributed by atoms with E-state index >= 15 is 0 Å². The summed E-state index contributed by atoms with van der Waals surface area (Å²) in [6.07, 6.45) is 3.23. The first-order chi connectivity index (χ1) is 23.9. The molecule has 1 aromatic heterocycles. The van der Waals surface area contributed by atoms with Crippen molar-refractivity contribution in [2.45, 2.75) is 0 Å². The molecule has 0 atom stereocenters. The number of aromatic carboxylic acids is 1. The number of carbonyl (C=O) groups is 1. The molecule has 5 aromatic carbocycles. The minimum absolute atomic E-state index is 0.0256. The molecule has 12 nitrogen and oxygen atoms in total. The highest BCUT2D eigenvalue weighted by atomic mass is 16.5. The van der Waals surface area contributed by atoms with Crippen LogP contribution in [0.15, 0.2) is 125 Å². The zero-order valence-corrected chi connectivity index (χ0v) is 25.9. The Morgan fingerprint density at radius 1 is 0.714 bits per heavy atom. The minimum atomic E-state index is -1.07. The lowest BCUT2D eigenvalue weighted by Crippen LogP contribution is -2.13. The molecule has 0 bridgehead atoms. The van der Waals surface area contributed by atoms with E-state index in [1.165, 1.54) is 22.9 Å². The third-order valence-electron chi connectivity index (χ3n) is 7.29. The molecular formula is C37H30N6O6. The fourth-order valence-electron chi connectivity index (χ4n) is 4.84. The molecule has 0 fully saturated rings. The van der Waals surface area contributed by atoms with E-state index in [0.29, 0.717) is 34.8 Å². The number of hydrogen-bond acceptors (Lipinski definition) is 10. The van der Waals surface area contributed by atoms with Gasteiger partial charge in [-0.1, -0.05) is 42.5 Å². The molecule has 0 unspecified atom stereocenters. The molecule has 5 N–H and O–H groups in total. The first kappa shape index (κ1) is 32.2. The van der Waals surface area contributed by atoms with Gasteiger partial charge in [0.15, 0.2) is 23.1 Å². The van der Waals surface area contributed by atoms with E-state index in [4.69, 9.17) is 4.74 Å². The number of aromatic nitrogens is 3. The van der Waals surface area contributed by atoms with Crippen LogP contribution in [0.2, 0.25) is 0 Å². The molecule has 0 spiro atoms. The summed E-state index contributed by atoms with van der Waals surface area (Å²) in [5.74, 6) is -0.134. The molecule has 49 heavy (non-hydrogen) atoms. The molecule has 0 aliphatic heterocycles. The van der Waals surface area contributed by atoms with Gasteiger partial charge in [0, 0.05) is 23.6 Å². The molecule has 0 saturated carbocycles. The molecule has 0 amide bonds. The Kier molecular flexibility index (Phi) is 9.68. The summed E-state index contributed by atoms with van der Waals surface area (Å²) in [6.45, 7) is 0.569. The second-order valence-electron chi connectivity index (χ2n) is 10.6. The molecule has 0 aliphatic carbocycles. The number of phenolic OH excluding ortho intramolecular Hbond substituents is 3. The van der Waals surface area contributed by atoms with Crippen LogP contribution in [0, 0.1) is 0 Å². The third kappa shape index (κ3) is 7.45. The van der Waals surface area contributed by atoms with Crippen molar-refractivity contribution in [3.05, 3.63) is 132 Å². The number of nitrogens with one attached hydrogen (secondary N) is 1. The number of benzene rings is 5. The zero-order valence-electron chi connectivity index (χ0n) is 25.9. The molecule has 6 rings (SSSR count). The summed E-state index contributed by atoms with van der Waals surface area (Å²) in [6, 6.07) is 31.8. The van der Waals surface area contributed by atoms with Crippen LogP contribution in [-0.4, -0.2) is 66.9 Å². The maximum absolute atomic E-state index is 11.5. The predicted octanol–water partition coefficient (Wildman–Crippen LogP) is 6.25. The van der Waals surface area contributed by atoms with E-state index in [0.717, 1.165) is 0 Å². The van der Waals surface area contributed by atoms with E-state index < -0.39 is 5.97 Å². The normalized spacial score (nSPS) is 11.3. The highest BCUT2D eigenvalue weighted by molar-refractivity contribution is 5.88. The van der Waals surface area contributed by atoms with Gasteiger partial charge in [0.2, 0.25) is 0 Å². The van der Waals surface area contributed by atoms with Crippen LogP contribution in [0.5, 0.6) is 28.7 Å².